The number of aliphatic hydroxyl groups excluding tert-OH is 1. The number of carbonyl (C=O) groups is 4. The van der Waals surface area contributed by atoms with Crippen LogP contribution in [0, 0.1) is 11.8 Å². The molecule has 0 aliphatic heterocycles. The van der Waals surface area contributed by atoms with E-state index in [4.69, 9.17) is 37.0 Å². The minimum Gasteiger partial charge on any atom is -0.462 e. The molecule has 0 saturated carbocycles. The monoisotopic (exact) mass is 1380 g/mol. The van der Waals surface area contributed by atoms with Gasteiger partial charge in [0, 0.05) is 25.7 Å². The first-order valence-electron chi connectivity index (χ1n) is 39.0. The number of esters is 4. The van der Waals surface area contributed by atoms with Crippen LogP contribution in [0.5, 0.6) is 0 Å². The van der Waals surface area contributed by atoms with Crippen molar-refractivity contribution in [3.05, 3.63) is 0 Å². The van der Waals surface area contributed by atoms with Crippen molar-refractivity contribution < 1.29 is 80.2 Å². The molecule has 0 fully saturated rings. The van der Waals surface area contributed by atoms with Crippen molar-refractivity contribution in [2.75, 3.05) is 39.6 Å². The molecule has 3 N–H and O–H groups in total. The Kier molecular flexibility index (Phi) is 65.5. The fourth-order valence-corrected chi connectivity index (χ4v) is 13.0. The molecule has 0 aliphatic rings. The molecule has 0 rings (SSSR count). The third kappa shape index (κ3) is 67.3. The van der Waals surface area contributed by atoms with Gasteiger partial charge in [-0.3, -0.25) is 37.3 Å². The van der Waals surface area contributed by atoms with E-state index in [1.54, 1.807) is 0 Å². The molecular weight excluding hydrogens is 1230 g/mol. The van der Waals surface area contributed by atoms with Crippen LogP contribution >= 0.6 is 15.6 Å². The van der Waals surface area contributed by atoms with Crippen molar-refractivity contribution in [1.82, 2.24) is 0 Å². The normalized spacial score (nSPS) is 14.3. The Bertz CT molecular complexity index is 1820. The van der Waals surface area contributed by atoms with Crippen molar-refractivity contribution in [3.8, 4) is 0 Å². The van der Waals surface area contributed by atoms with Crippen molar-refractivity contribution >= 4 is 39.5 Å². The van der Waals surface area contributed by atoms with Crippen LogP contribution in [0.15, 0.2) is 0 Å². The van der Waals surface area contributed by atoms with E-state index < -0.39 is 97.5 Å². The average Bonchev–Trinajstić information content (AvgIpc) is 1.32. The smallest absolute Gasteiger partial charge is 0.462 e. The summed E-state index contributed by atoms with van der Waals surface area (Å²) in [5.41, 5.74) is 0. The van der Waals surface area contributed by atoms with Crippen LogP contribution < -0.4 is 0 Å². The first kappa shape index (κ1) is 92.1. The minimum absolute atomic E-state index is 0.105. The largest absolute Gasteiger partial charge is 0.472 e. The van der Waals surface area contributed by atoms with E-state index in [1.165, 1.54) is 199 Å². The van der Waals surface area contributed by atoms with Crippen LogP contribution in [0.1, 0.15) is 388 Å². The number of hydrogen-bond donors (Lipinski definition) is 3. The Labute approximate surface area is 575 Å². The summed E-state index contributed by atoms with van der Waals surface area (Å²) in [6.45, 7) is 9.53. The molecule has 0 bridgehead atoms. The van der Waals surface area contributed by atoms with Gasteiger partial charge >= 0.3 is 39.5 Å². The fourth-order valence-electron chi connectivity index (χ4n) is 11.4. The van der Waals surface area contributed by atoms with Gasteiger partial charge in [-0.1, -0.05) is 337 Å². The number of carbonyl (C=O) groups excluding carboxylic acids is 4. The highest BCUT2D eigenvalue weighted by atomic mass is 31.2. The van der Waals surface area contributed by atoms with Gasteiger partial charge in [0.2, 0.25) is 0 Å². The molecule has 19 heteroatoms. The summed E-state index contributed by atoms with van der Waals surface area (Å²) in [7, 11) is -9.91. The third-order valence-corrected chi connectivity index (χ3v) is 19.7. The Morgan fingerprint density at radius 1 is 0.309 bits per heavy atom. The Hall–Kier alpha value is -1.94. The molecule has 0 aliphatic carbocycles. The number of ether oxygens (including phenoxy) is 4. The summed E-state index contributed by atoms with van der Waals surface area (Å²) in [5, 5.41) is 10.6. The van der Waals surface area contributed by atoms with Crippen molar-refractivity contribution in [2.24, 2.45) is 11.8 Å². The molecular formula is C75H146O17P2. The van der Waals surface area contributed by atoms with Gasteiger partial charge in [-0.2, -0.15) is 0 Å². The lowest BCUT2D eigenvalue weighted by atomic mass is 10.00. The lowest BCUT2D eigenvalue weighted by Crippen LogP contribution is -2.30. The van der Waals surface area contributed by atoms with Gasteiger partial charge in [-0.25, -0.2) is 9.13 Å². The molecule has 0 heterocycles. The maximum absolute atomic E-state index is 13.1. The van der Waals surface area contributed by atoms with Crippen molar-refractivity contribution in [1.29, 1.82) is 0 Å². The second-order valence-electron chi connectivity index (χ2n) is 27.8. The highest BCUT2D eigenvalue weighted by molar-refractivity contribution is 7.47. The maximum atomic E-state index is 13.1. The third-order valence-electron chi connectivity index (χ3n) is 17.8. The summed E-state index contributed by atoms with van der Waals surface area (Å²) in [4.78, 5) is 72.8. The number of hydrogen-bond acceptors (Lipinski definition) is 15. The molecule has 3 unspecified atom stereocenters. The SMILES string of the molecule is CCCCCCCCCCCCCCCCCCCCC(=O)O[C@H](COC(=O)CCCCCCCCCCCCCCCC)COP(=O)(O)OC[C@@H](O)COP(=O)(O)OC[C@@H](COC(=O)CCCCCCCCC(C)CC)OC(=O)CCCCCCCCCCCC(C)C. The molecule has 0 amide bonds. The summed E-state index contributed by atoms with van der Waals surface area (Å²) in [6.07, 6.45) is 54.1. The van der Waals surface area contributed by atoms with E-state index in [0.717, 1.165) is 108 Å². The summed E-state index contributed by atoms with van der Waals surface area (Å²) in [5.74, 6) is -0.650. The summed E-state index contributed by atoms with van der Waals surface area (Å²) < 4.78 is 68.5. The van der Waals surface area contributed by atoms with Gasteiger partial charge in [0.05, 0.1) is 26.4 Å². The lowest BCUT2D eigenvalue weighted by molar-refractivity contribution is -0.161. The van der Waals surface area contributed by atoms with E-state index in [1.807, 2.05) is 0 Å². The van der Waals surface area contributed by atoms with Crippen molar-refractivity contribution in [2.45, 2.75) is 407 Å². The molecule has 6 atom stereocenters. The van der Waals surface area contributed by atoms with E-state index in [2.05, 4.69) is 41.5 Å². The van der Waals surface area contributed by atoms with Crippen LogP contribution in [0.4, 0.5) is 0 Å². The maximum Gasteiger partial charge on any atom is 0.472 e. The average molecular weight is 1380 g/mol. The molecule has 0 radical (unpaired) electrons. The van der Waals surface area contributed by atoms with Gasteiger partial charge < -0.3 is 33.8 Å². The molecule has 558 valence electrons. The lowest BCUT2D eigenvalue weighted by Gasteiger charge is -2.21. The number of aliphatic hydroxyl groups is 1. The second kappa shape index (κ2) is 66.9. The molecule has 0 aromatic heterocycles. The summed E-state index contributed by atoms with van der Waals surface area (Å²) >= 11 is 0. The van der Waals surface area contributed by atoms with Crippen LogP contribution in [0.2, 0.25) is 0 Å². The quantitative estimate of drug-likeness (QED) is 0.0222. The van der Waals surface area contributed by atoms with Gasteiger partial charge in [0.25, 0.3) is 0 Å². The summed E-state index contributed by atoms with van der Waals surface area (Å²) in [6, 6.07) is 0. The van der Waals surface area contributed by atoms with Crippen LogP contribution in [0.25, 0.3) is 0 Å². The zero-order valence-corrected chi connectivity index (χ0v) is 63.1. The van der Waals surface area contributed by atoms with E-state index >= 15 is 0 Å². The van der Waals surface area contributed by atoms with E-state index in [9.17, 15) is 43.2 Å². The molecule has 0 aromatic carbocycles. The highest BCUT2D eigenvalue weighted by Crippen LogP contribution is 2.45. The molecule has 0 aromatic rings. The van der Waals surface area contributed by atoms with Crippen LogP contribution in [0.3, 0.4) is 0 Å². The van der Waals surface area contributed by atoms with Crippen LogP contribution in [-0.4, -0.2) is 96.7 Å². The number of rotatable bonds is 74. The molecule has 17 nitrogen and oxygen atoms in total. The topological polar surface area (TPSA) is 237 Å². The standard InChI is InChI=1S/C75H146O17P2/c1-7-10-12-14-16-18-20-22-24-25-26-27-29-31-35-39-47-53-59-74(79)91-70(63-85-72(77)57-51-45-38-34-30-28-23-21-19-17-15-13-11-8-2)65-89-93(81,82)87-61-69(76)62-88-94(83,84)90-66-71(64-86-73(78)58-52-46-42-41-44-50-56-68(6)9-3)92-75(80)60-54-48-40-36-32-33-37-43-49-55-67(4)5/h67-71,76H,7-66H2,1-6H3,(H,81,82)(H,83,84)/t68?,69-,70-,71-/m1/s1. The Morgan fingerprint density at radius 3 is 0.809 bits per heavy atom. The van der Waals surface area contributed by atoms with Gasteiger partial charge in [0.1, 0.15) is 19.3 Å². The Morgan fingerprint density at radius 2 is 0.543 bits per heavy atom. The predicted molar refractivity (Wildman–Crippen MR) is 381 cm³/mol. The zero-order valence-electron chi connectivity index (χ0n) is 61.3. The highest BCUT2D eigenvalue weighted by Gasteiger charge is 2.30. The first-order chi connectivity index (χ1) is 45.4. The number of unbranched alkanes of at least 4 members (excludes halogenated alkanes) is 43. The second-order valence-corrected chi connectivity index (χ2v) is 30.7. The minimum atomic E-state index is -4.96. The van der Waals surface area contributed by atoms with Crippen molar-refractivity contribution in [3.63, 3.8) is 0 Å². The van der Waals surface area contributed by atoms with E-state index in [-0.39, 0.29) is 25.7 Å². The first-order valence-corrected chi connectivity index (χ1v) is 42.0. The Balaban J connectivity index is 5.24. The zero-order chi connectivity index (χ0) is 69.3. The fraction of sp³-hybridized carbons (Fsp3) is 0.947. The van der Waals surface area contributed by atoms with E-state index in [0.29, 0.717) is 25.7 Å². The molecule has 94 heavy (non-hydrogen) atoms. The van der Waals surface area contributed by atoms with Crippen LogP contribution in [-0.2, 0) is 65.4 Å². The van der Waals surface area contributed by atoms with Gasteiger partial charge in [-0.05, 0) is 37.5 Å². The molecule has 0 saturated heterocycles. The van der Waals surface area contributed by atoms with Gasteiger partial charge in [0.15, 0.2) is 12.2 Å². The van der Waals surface area contributed by atoms with Gasteiger partial charge in [-0.15, -0.1) is 0 Å². The number of phosphoric ester groups is 2. The predicted octanol–water partition coefficient (Wildman–Crippen LogP) is 21.9. The number of phosphoric acid groups is 2. The molecule has 0 spiro atoms.